The molecule has 3 heteroatoms. The molecule has 0 aliphatic heterocycles. The van der Waals surface area contributed by atoms with Gasteiger partial charge in [-0.15, -0.1) is 0 Å². The molecular weight excluding hydrogens is 562 g/mol. The molecule has 0 aromatic carbocycles. The maximum absolute atomic E-state index is 11.6. The highest BCUT2D eigenvalue weighted by molar-refractivity contribution is 5.69. The van der Waals surface area contributed by atoms with Gasteiger partial charge >= 0.3 is 5.97 Å². The van der Waals surface area contributed by atoms with Gasteiger partial charge in [0.1, 0.15) is 0 Å². The summed E-state index contributed by atoms with van der Waals surface area (Å²) < 4.78 is 5.31. The second-order valence-electron chi connectivity index (χ2n) is 13.7. The largest absolute Gasteiger partial charge is 0.466 e. The fourth-order valence-electron chi connectivity index (χ4n) is 5.69. The predicted octanol–water partition coefficient (Wildman–Crippen LogP) is 13.6. The first-order valence-corrected chi connectivity index (χ1v) is 20.1. The SMILES string of the molecule is CCCCCC=CCC=CCCCCCCCCCCCCCCCCCC=CC/C=C\CCCCCOC(=O)CCCN(C)C. The first kappa shape index (κ1) is 44.4. The van der Waals surface area contributed by atoms with Crippen molar-refractivity contribution in [2.24, 2.45) is 0 Å². The van der Waals surface area contributed by atoms with Gasteiger partial charge < -0.3 is 9.64 Å². The Hall–Kier alpha value is -1.61. The molecule has 0 atom stereocenters. The smallest absolute Gasteiger partial charge is 0.305 e. The van der Waals surface area contributed by atoms with E-state index in [4.69, 9.17) is 4.74 Å². The van der Waals surface area contributed by atoms with Crippen molar-refractivity contribution in [1.82, 2.24) is 4.90 Å². The number of allylic oxidation sites excluding steroid dienone is 8. The fourth-order valence-corrected chi connectivity index (χ4v) is 5.69. The van der Waals surface area contributed by atoms with Gasteiger partial charge in [0.05, 0.1) is 6.61 Å². The third-order valence-electron chi connectivity index (χ3n) is 8.69. The summed E-state index contributed by atoms with van der Waals surface area (Å²) in [6.45, 7) is 3.78. The van der Waals surface area contributed by atoms with E-state index in [1.54, 1.807) is 0 Å². The molecule has 0 N–H and O–H groups in total. The van der Waals surface area contributed by atoms with Crippen LogP contribution in [-0.4, -0.2) is 38.1 Å². The molecule has 0 aliphatic carbocycles. The third kappa shape index (κ3) is 40.4. The van der Waals surface area contributed by atoms with Crippen molar-refractivity contribution in [3.63, 3.8) is 0 Å². The molecule has 46 heavy (non-hydrogen) atoms. The van der Waals surface area contributed by atoms with Crippen LogP contribution in [-0.2, 0) is 9.53 Å². The van der Waals surface area contributed by atoms with E-state index in [1.165, 1.54) is 141 Å². The average Bonchev–Trinajstić information content (AvgIpc) is 3.04. The first-order chi connectivity index (χ1) is 22.7. The van der Waals surface area contributed by atoms with Gasteiger partial charge in [-0.1, -0.05) is 152 Å². The molecule has 0 rings (SSSR count). The zero-order valence-corrected chi connectivity index (χ0v) is 31.3. The lowest BCUT2D eigenvalue weighted by Gasteiger charge is -2.08. The Labute approximate surface area is 288 Å². The molecule has 0 aliphatic rings. The summed E-state index contributed by atoms with van der Waals surface area (Å²) in [5, 5.41) is 0. The quantitative estimate of drug-likeness (QED) is 0.0387. The molecule has 0 amide bonds. The van der Waals surface area contributed by atoms with Gasteiger partial charge in [0, 0.05) is 6.42 Å². The Balaban J connectivity index is 3.23. The lowest BCUT2D eigenvalue weighted by Crippen LogP contribution is -2.15. The van der Waals surface area contributed by atoms with Gasteiger partial charge in [0.25, 0.3) is 0 Å². The number of unbranched alkanes of at least 4 members (excludes halogenated alkanes) is 22. The molecule has 0 spiro atoms. The van der Waals surface area contributed by atoms with E-state index in [-0.39, 0.29) is 5.97 Å². The summed E-state index contributed by atoms with van der Waals surface area (Å²) in [7, 11) is 4.06. The zero-order chi connectivity index (χ0) is 33.4. The van der Waals surface area contributed by atoms with Crippen LogP contribution in [0, 0.1) is 0 Å². The molecule has 0 radical (unpaired) electrons. The summed E-state index contributed by atoms with van der Waals surface area (Å²) in [5.41, 5.74) is 0. The van der Waals surface area contributed by atoms with E-state index >= 15 is 0 Å². The van der Waals surface area contributed by atoms with E-state index in [2.05, 4.69) is 60.4 Å². The van der Waals surface area contributed by atoms with Gasteiger partial charge in [0.15, 0.2) is 0 Å². The van der Waals surface area contributed by atoms with Gasteiger partial charge in [-0.05, 0) is 104 Å². The molecule has 0 heterocycles. The van der Waals surface area contributed by atoms with Crippen molar-refractivity contribution in [3.05, 3.63) is 48.6 Å². The molecule has 0 saturated carbocycles. The Kier molecular flexibility index (Phi) is 38.2. The van der Waals surface area contributed by atoms with Gasteiger partial charge in [-0.3, -0.25) is 4.79 Å². The normalized spacial score (nSPS) is 12.3. The number of carbonyl (C=O) groups is 1. The molecule has 0 unspecified atom stereocenters. The summed E-state index contributed by atoms with van der Waals surface area (Å²) in [6, 6.07) is 0. The van der Waals surface area contributed by atoms with E-state index in [0.29, 0.717) is 13.0 Å². The van der Waals surface area contributed by atoms with E-state index in [1.807, 2.05) is 14.1 Å². The van der Waals surface area contributed by atoms with Gasteiger partial charge in [0.2, 0.25) is 0 Å². The molecule has 0 aromatic rings. The Morgan fingerprint density at radius 1 is 0.457 bits per heavy atom. The van der Waals surface area contributed by atoms with Gasteiger partial charge in [-0.2, -0.15) is 0 Å². The lowest BCUT2D eigenvalue weighted by atomic mass is 10.0. The van der Waals surface area contributed by atoms with Crippen molar-refractivity contribution >= 4 is 5.97 Å². The Bertz CT molecular complexity index is 720. The summed E-state index contributed by atoms with van der Waals surface area (Å²) in [5.74, 6) is -0.0485. The van der Waals surface area contributed by atoms with Crippen molar-refractivity contribution in [2.75, 3.05) is 27.2 Å². The van der Waals surface area contributed by atoms with Crippen molar-refractivity contribution in [1.29, 1.82) is 0 Å². The molecular formula is C43H79NO2. The molecule has 268 valence electrons. The highest BCUT2D eigenvalue weighted by Gasteiger charge is 2.02. The van der Waals surface area contributed by atoms with Gasteiger partial charge in [-0.25, -0.2) is 0 Å². The van der Waals surface area contributed by atoms with Crippen LogP contribution in [0.5, 0.6) is 0 Å². The van der Waals surface area contributed by atoms with E-state index < -0.39 is 0 Å². The van der Waals surface area contributed by atoms with Crippen LogP contribution >= 0.6 is 0 Å². The predicted molar refractivity (Wildman–Crippen MR) is 206 cm³/mol. The number of ether oxygens (including phenoxy) is 1. The summed E-state index contributed by atoms with van der Waals surface area (Å²) >= 11 is 0. The maximum atomic E-state index is 11.6. The van der Waals surface area contributed by atoms with Crippen molar-refractivity contribution in [2.45, 2.75) is 193 Å². The van der Waals surface area contributed by atoms with E-state index in [9.17, 15) is 4.79 Å². The molecule has 0 fully saturated rings. The summed E-state index contributed by atoms with van der Waals surface area (Å²) in [4.78, 5) is 13.7. The fraction of sp³-hybridized carbons (Fsp3) is 0.791. The average molecular weight is 642 g/mol. The number of rotatable bonds is 36. The van der Waals surface area contributed by atoms with Crippen molar-refractivity contribution in [3.8, 4) is 0 Å². The molecule has 0 aromatic heterocycles. The highest BCUT2D eigenvalue weighted by atomic mass is 16.5. The standard InChI is InChI=1S/C43H79NO2/c1-4-5-6-7-8-9-10-11-12-13-14-15-16-17-18-19-20-21-22-23-24-25-26-27-28-29-30-31-32-33-34-35-36-37-38-42-46-43(45)40-39-41-44(2)3/h8-9,11-12,30-31,33-34H,4-7,10,13-29,32,35-42H2,1-3H3/b9-8?,12-11?,31-30?,34-33-. The highest BCUT2D eigenvalue weighted by Crippen LogP contribution is 2.14. The number of esters is 1. The topological polar surface area (TPSA) is 29.5 Å². The van der Waals surface area contributed by atoms with Crippen LogP contribution in [0.4, 0.5) is 0 Å². The van der Waals surface area contributed by atoms with Crippen LogP contribution in [0.15, 0.2) is 48.6 Å². The minimum absolute atomic E-state index is 0.0485. The number of hydrogen-bond donors (Lipinski definition) is 0. The molecule has 3 nitrogen and oxygen atoms in total. The third-order valence-corrected chi connectivity index (χ3v) is 8.69. The van der Waals surface area contributed by atoms with E-state index in [0.717, 1.165) is 45.1 Å². The first-order valence-electron chi connectivity index (χ1n) is 20.1. The summed E-state index contributed by atoms with van der Waals surface area (Å²) in [6.07, 6.45) is 55.8. The second kappa shape index (κ2) is 39.6. The van der Waals surface area contributed by atoms with Crippen LogP contribution in [0.25, 0.3) is 0 Å². The number of nitrogens with zero attached hydrogens (tertiary/aromatic N) is 1. The maximum Gasteiger partial charge on any atom is 0.305 e. The number of hydrogen-bond acceptors (Lipinski definition) is 3. The molecule has 0 saturated heterocycles. The lowest BCUT2D eigenvalue weighted by molar-refractivity contribution is -0.143. The van der Waals surface area contributed by atoms with Crippen LogP contribution in [0.1, 0.15) is 193 Å². The second-order valence-corrected chi connectivity index (χ2v) is 13.7. The Morgan fingerprint density at radius 2 is 0.804 bits per heavy atom. The minimum atomic E-state index is -0.0485. The minimum Gasteiger partial charge on any atom is -0.466 e. The molecule has 0 bridgehead atoms. The monoisotopic (exact) mass is 642 g/mol. The van der Waals surface area contributed by atoms with Crippen molar-refractivity contribution < 1.29 is 9.53 Å². The zero-order valence-electron chi connectivity index (χ0n) is 31.3. The number of carbonyl (C=O) groups excluding carboxylic acids is 1. The Morgan fingerprint density at radius 3 is 1.17 bits per heavy atom. The van der Waals surface area contributed by atoms with Crippen LogP contribution in [0.2, 0.25) is 0 Å². The van der Waals surface area contributed by atoms with Crippen LogP contribution in [0.3, 0.4) is 0 Å². The van der Waals surface area contributed by atoms with Crippen LogP contribution < -0.4 is 0 Å².